The number of urea groups is 1. The molecule has 3 aromatic heterocycles. The first-order valence-corrected chi connectivity index (χ1v) is 13.0. The molecule has 12 nitrogen and oxygen atoms in total. The molecule has 0 spiro atoms. The second-order valence-corrected chi connectivity index (χ2v) is 10.1. The number of hydrogen-bond donors (Lipinski definition) is 4. The van der Waals surface area contributed by atoms with Crippen LogP contribution in [0.3, 0.4) is 0 Å². The third kappa shape index (κ3) is 5.88. The zero-order chi connectivity index (χ0) is 30.2. The maximum Gasteiger partial charge on any atom is 0.416 e. The van der Waals surface area contributed by atoms with Crippen LogP contribution in [0.15, 0.2) is 42.6 Å². The number of nitrogens with one attached hydrogen (secondary N) is 2. The summed E-state index contributed by atoms with van der Waals surface area (Å²) in [5, 5.41) is 18.9. The summed E-state index contributed by atoms with van der Waals surface area (Å²) in [6.07, 6.45) is -4.51. The van der Waals surface area contributed by atoms with Crippen LogP contribution in [0, 0.1) is 5.82 Å². The number of amides is 3. The molecule has 4 aromatic rings. The van der Waals surface area contributed by atoms with Gasteiger partial charge in [-0.2, -0.15) is 18.3 Å². The van der Waals surface area contributed by atoms with Crippen molar-refractivity contribution in [2.45, 2.75) is 12.3 Å². The maximum absolute atomic E-state index is 14.0. The lowest BCUT2D eigenvalue weighted by molar-refractivity contribution is -0.137. The van der Waals surface area contributed by atoms with Crippen molar-refractivity contribution in [2.75, 3.05) is 36.9 Å². The molecule has 0 aliphatic carbocycles. The lowest BCUT2D eigenvalue weighted by Crippen LogP contribution is -2.47. The molecule has 4 heterocycles. The second kappa shape index (κ2) is 11.3. The minimum absolute atomic E-state index is 0.0841. The fraction of sp³-hybridized carbons (Fsp3) is 0.240. The second-order valence-electron chi connectivity index (χ2n) is 9.05. The Bertz CT molecular complexity index is 1680. The first kappa shape index (κ1) is 28.9. The first-order valence-electron chi connectivity index (χ1n) is 12.2. The number of morpholine rings is 1. The molecule has 1 aromatic carbocycles. The summed E-state index contributed by atoms with van der Waals surface area (Å²) < 4.78 is 59.6. The van der Waals surface area contributed by atoms with Gasteiger partial charge in [-0.1, -0.05) is 0 Å². The number of anilines is 2. The number of rotatable bonds is 7. The average molecular weight is 608 g/mol. The van der Waals surface area contributed by atoms with Crippen LogP contribution in [0.25, 0.3) is 21.6 Å². The van der Waals surface area contributed by atoms with Gasteiger partial charge in [0.15, 0.2) is 11.8 Å². The Morgan fingerprint density at radius 2 is 1.83 bits per heavy atom. The van der Waals surface area contributed by atoms with Crippen LogP contribution in [0.2, 0.25) is 0 Å². The molecule has 1 atom stereocenters. The highest BCUT2D eigenvalue weighted by molar-refractivity contribution is 7.19. The number of ether oxygens (including phenoxy) is 1. The van der Waals surface area contributed by atoms with Crippen molar-refractivity contribution >= 4 is 51.0 Å². The number of thiophene rings is 1. The van der Waals surface area contributed by atoms with E-state index in [4.69, 9.17) is 10.5 Å². The van der Waals surface area contributed by atoms with Gasteiger partial charge in [0.2, 0.25) is 0 Å². The fourth-order valence-electron chi connectivity index (χ4n) is 4.38. The molecule has 1 aliphatic heterocycles. The number of hydrogen-bond acceptors (Lipinski definition) is 8. The van der Waals surface area contributed by atoms with Crippen LogP contribution < -0.4 is 16.4 Å². The molecule has 17 heteroatoms. The Kier molecular flexibility index (Phi) is 7.81. The largest absolute Gasteiger partial charge is 0.478 e. The molecule has 1 aliphatic rings. The number of carbonyl (C=O) groups excluding carboxylic acids is 2. The van der Waals surface area contributed by atoms with Crippen LogP contribution in [0.5, 0.6) is 0 Å². The van der Waals surface area contributed by atoms with Gasteiger partial charge in [-0.15, -0.1) is 11.3 Å². The molecular weight excluding hydrogens is 586 g/mol. The first-order chi connectivity index (χ1) is 19.9. The Labute approximate surface area is 237 Å². The number of carboxylic acids is 1. The summed E-state index contributed by atoms with van der Waals surface area (Å²) in [6, 6.07) is 4.89. The van der Waals surface area contributed by atoms with Gasteiger partial charge in [0.05, 0.1) is 57.2 Å². The molecule has 0 bridgehead atoms. The predicted octanol–water partition coefficient (Wildman–Crippen LogP) is 3.98. The van der Waals surface area contributed by atoms with Gasteiger partial charge in [-0.3, -0.25) is 15.0 Å². The van der Waals surface area contributed by atoms with Crippen LogP contribution in [0.1, 0.15) is 22.1 Å². The van der Waals surface area contributed by atoms with Gasteiger partial charge in [0, 0.05) is 13.1 Å². The van der Waals surface area contributed by atoms with Crippen LogP contribution in [0.4, 0.5) is 33.0 Å². The smallest absolute Gasteiger partial charge is 0.416 e. The van der Waals surface area contributed by atoms with Crippen molar-refractivity contribution < 1.29 is 41.8 Å². The van der Waals surface area contributed by atoms with E-state index >= 15 is 0 Å². The summed E-state index contributed by atoms with van der Waals surface area (Å²) in [6.45, 7) is 1.49. The van der Waals surface area contributed by atoms with E-state index in [1.165, 1.54) is 29.1 Å². The Balaban J connectivity index is 1.43. The monoisotopic (exact) mass is 607 g/mol. The molecule has 42 heavy (non-hydrogen) atoms. The summed E-state index contributed by atoms with van der Waals surface area (Å²) in [4.78, 5) is 43.7. The fourth-order valence-corrected chi connectivity index (χ4v) is 5.24. The van der Waals surface area contributed by atoms with Gasteiger partial charge in [0.25, 0.3) is 5.91 Å². The molecule has 5 rings (SSSR count). The molecule has 1 unspecified atom stereocenters. The molecule has 5 N–H and O–H groups in total. The zero-order valence-electron chi connectivity index (χ0n) is 21.3. The zero-order valence-corrected chi connectivity index (χ0v) is 22.1. The number of primary amides is 1. The molecule has 3 amide bonds. The highest BCUT2D eigenvalue weighted by Gasteiger charge is 2.32. The third-order valence-corrected chi connectivity index (χ3v) is 7.34. The molecule has 1 fully saturated rings. The number of carbonyl (C=O) groups is 3. The normalized spacial score (nSPS) is 15.0. The highest BCUT2D eigenvalue weighted by atomic mass is 32.1. The van der Waals surface area contributed by atoms with Crippen molar-refractivity contribution in [1.29, 1.82) is 0 Å². The minimum atomic E-state index is -4.73. The van der Waals surface area contributed by atoms with Gasteiger partial charge in [-0.05, 0) is 36.4 Å². The van der Waals surface area contributed by atoms with Gasteiger partial charge >= 0.3 is 18.2 Å². The molecule has 0 saturated carbocycles. The van der Waals surface area contributed by atoms with Crippen LogP contribution >= 0.6 is 11.3 Å². The average Bonchev–Trinajstić information content (AvgIpc) is 3.56. The van der Waals surface area contributed by atoms with Gasteiger partial charge in [-0.25, -0.2) is 23.6 Å². The molecule has 0 radical (unpaired) electrons. The van der Waals surface area contributed by atoms with E-state index in [-0.39, 0.29) is 27.3 Å². The van der Waals surface area contributed by atoms with E-state index in [2.05, 4.69) is 15.4 Å². The summed E-state index contributed by atoms with van der Waals surface area (Å²) in [5.41, 5.74) is 3.99. The lowest BCUT2D eigenvalue weighted by atomic mass is 10.1. The lowest BCUT2D eigenvalue weighted by Gasteiger charge is -2.32. The number of aromatic carboxylic acids is 1. The number of fused-ring (bicyclic) bond motifs is 1. The van der Waals surface area contributed by atoms with Crippen molar-refractivity contribution in [1.82, 2.24) is 19.7 Å². The van der Waals surface area contributed by atoms with Gasteiger partial charge < -0.3 is 20.9 Å². The number of benzene rings is 1. The van der Waals surface area contributed by atoms with E-state index in [1.54, 1.807) is 4.90 Å². The quantitative estimate of drug-likeness (QED) is 0.229. The minimum Gasteiger partial charge on any atom is -0.478 e. The van der Waals surface area contributed by atoms with Crippen molar-refractivity contribution in [3.63, 3.8) is 0 Å². The van der Waals surface area contributed by atoms with E-state index < -0.39 is 47.3 Å². The summed E-state index contributed by atoms with van der Waals surface area (Å²) in [7, 11) is 0. The Morgan fingerprint density at radius 3 is 2.50 bits per heavy atom. The number of aromatic nitrogens is 3. The topological polar surface area (TPSA) is 165 Å². The standard InChI is InChI=1S/C25H21F4N7O5S/c26-15-2-1-12(25(27,28)29)9-16(15)33-24(40)34-19-4-3-18(42-19)17-10-13(23(38)39)14-11-31-36(21(14)32-17)22(20(30)37)35-5-7-41-8-6-35/h1-4,9-11,22H,5-8H2,(H2,30,37)(H,38,39)(H2,33,34,40). The van der Waals surface area contributed by atoms with E-state index in [0.717, 1.165) is 11.3 Å². The number of alkyl halides is 3. The number of carboxylic acid groups (broad SMARTS) is 1. The molecular formula is C25H21F4N7O5S. The van der Waals surface area contributed by atoms with Crippen LogP contribution in [-0.2, 0) is 15.7 Å². The number of halogens is 4. The Morgan fingerprint density at radius 1 is 1.10 bits per heavy atom. The van der Waals surface area contributed by atoms with Crippen molar-refractivity contribution in [3.8, 4) is 10.6 Å². The number of pyridine rings is 1. The SMILES string of the molecule is NC(=O)C(N1CCOCC1)n1ncc2c(C(=O)O)cc(-c3ccc(NC(=O)Nc4cc(C(F)(F)F)ccc4F)s3)nc21. The maximum atomic E-state index is 14.0. The van der Waals surface area contributed by atoms with Gasteiger partial charge in [0.1, 0.15) is 5.82 Å². The van der Waals surface area contributed by atoms with E-state index in [9.17, 15) is 37.1 Å². The summed E-state index contributed by atoms with van der Waals surface area (Å²) >= 11 is 0.967. The highest BCUT2D eigenvalue weighted by Crippen LogP contribution is 2.35. The van der Waals surface area contributed by atoms with E-state index in [1.807, 2.05) is 5.32 Å². The Hall–Kier alpha value is -4.61. The third-order valence-electron chi connectivity index (χ3n) is 6.31. The number of nitrogens with two attached hydrogens (primary N) is 1. The van der Waals surface area contributed by atoms with E-state index in [0.29, 0.717) is 49.4 Å². The van der Waals surface area contributed by atoms with Crippen LogP contribution in [-0.4, -0.2) is 69.0 Å². The molecule has 220 valence electrons. The predicted molar refractivity (Wildman–Crippen MR) is 142 cm³/mol. The summed E-state index contributed by atoms with van der Waals surface area (Å²) in [5.74, 6) is -3.06. The molecule has 1 saturated heterocycles. The van der Waals surface area contributed by atoms with Crippen molar-refractivity contribution in [3.05, 3.63) is 59.5 Å². The van der Waals surface area contributed by atoms with Crippen molar-refractivity contribution in [2.24, 2.45) is 5.73 Å². The number of nitrogens with zero attached hydrogens (tertiary/aromatic N) is 4.